The Morgan fingerprint density at radius 2 is 1.57 bits per heavy atom. The molecule has 2 aromatic rings. The Balaban J connectivity index is 0.00000220. The van der Waals surface area contributed by atoms with Crippen LogP contribution in [0.15, 0.2) is 70.6 Å². The van der Waals surface area contributed by atoms with E-state index in [0.29, 0.717) is 0 Å². The van der Waals surface area contributed by atoms with Gasteiger partial charge in [-0.1, -0.05) is 61.9 Å². The first kappa shape index (κ1) is 17.3. The average molecular weight is 323 g/mol. The maximum absolute atomic E-state index is 4.63. The second kappa shape index (κ2) is 10.1. The van der Waals surface area contributed by atoms with Crippen molar-refractivity contribution in [3.63, 3.8) is 0 Å². The Labute approximate surface area is 137 Å². The van der Waals surface area contributed by atoms with Crippen molar-refractivity contribution >= 4 is 17.7 Å². The second-order valence-electron chi connectivity index (χ2n) is 4.64. The van der Waals surface area contributed by atoms with E-state index in [4.69, 9.17) is 0 Å². The van der Waals surface area contributed by atoms with Crippen molar-refractivity contribution in [2.45, 2.75) is 26.2 Å². The van der Waals surface area contributed by atoms with Crippen molar-refractivity contribution in [1.29, 1.82) is 0 Å². The van der Waals surface area contributed by atoms with Crippen LogP contribution in [0.4, 0.5) is 5.69 Å². The summed E-state index contributed by atoms with van der Waals surface area (Å²) in [4.78, 5) is 9.18. The van der Waals surface area contributed by atoms with Crippen LogP contribution < -0.4 is 0 Å². The van der Waals surface area contributed by atoms with Gasteiger partial charge in [-0.3, -0.25) is 0 Å². The zero-order valence-electron chi connectivity index (χ0n) is 12.2. The summed E-state index contributed by atoms with van der Waals surface area (Å²) in [5.74, 6) is 0.891. The Kier molecular flexibility index (Phi) is 8.30. The van der Waals surface area contributed by atoms with Gasteiger partial charge in [0.05, 0.1) is 5.69 Å². The molecule has 0 aliphatic carbocycles. The molecule has 112 valence electrons. The number of benzene rings is 2. The molecule has 0 saturated heterocycles. The summed E-state index contributed by atoms with van der Waals surface area (Å²) < 4.78 is 0. The van der Waals surface area contributed by atoms with Crippen molar-refractivity contribution < 1.29 is 16.5 Å². The molecule has 2 nitrogen and oxygen atoms in total. The fraction of sp³-hybridized carbons (Fsp3) is 0.222. The minimum Gasteiger partial charge on any atom is -0.241 e. The maximum Gasteiger partial charge on any atom is 0.128 e. The van der Waals surface area contributed by atoms with E-state index in [1.807, 2.05) is 66.9 Å². The van der Waals surface area contributed by atoms with E-state index in [9.17, 15) is 0 Å². The molecular weight excluding hydrogens is 303 g/mol. The molecule has 0 amide bonds. The molecule has 0 radical (unpaired) electrons. The standard InChI is InChI=1S/C18H20N2.Ni/c1-2-3-14-18(20-17-12-8-5-9-13-17)19-15-16-10-6-4-7-11-16;/h4-13,15H,2-3,14H2,1H3;/b19-15+,20-18+;. The van der Waals surface area contributed by atoms with Crippen molar-refractivity contribution in [2.24, 2.45) is 9.98 Å². The summed E-state index contributed by atoms with van der Waals surface area (Å²) in [6.45, 7) is 2.18. The summed E-state index contributed by atoms with van der Waals surface area (Å²) in [5, 5.41) is 0. The number of aliphatic imine (C=N–C) groups is 2. The predicted molar refractivity (Wildman–Crippen MR) is 87.1 cm³/mol. The van der Waals surface area contributed by atoms with Crippen LogP contribution >= 0.6 is 0 Å². The molecule has 0 fully saturated rings. The smallest absolute Gasteiger partial charge is 0.128 e. The van der Waals surface area contributed by atoms with Gasteiger partial charge in [-0.15, -0.1) is 0 Å². The zero-order valence-corrected chi connectivity index (χ0v) is 13.2. The third-order valence-corrected chi connectivity index (χ3v) is 2.93. The number of para-hydroxylation sites is 1. The first-order chi connectivity index (χ1) is 9.88. The van der Waals surface area contributed by atoms with E-state index in [0.717, 1.165) is 36.3 Å². The Morgan fingerprint density at radius 1 is 0.952 bits per heavy atom. The predicted octanol–water partition coefficient (Wildman–Crippen LogP) is 5.02. The van der Waals surface area contributed by atoms with Gasteiger partial charge < -0.3 is 0 Å². The number of nitrogens with zero attached hydrogens (tertiary/aromatic N) is 2. The molecule has 21 heavy (non-hydrogen) atoms. The molecule has 0 aliphatic rings. The number of amidine groups is 1. The monoisotopic (exact) mass is 322 g/mol. The normalized spacial score (nSPS) is 11.4. The number of hydrogen-bond donors (Lipinski definition) is 0. The molecule has 2 aromatic carbocycles. The first-order valence-corrected chi connectivity index (χ1v) is 7.10. The molecule has 0 atom stereocenters. The van der Waals surface area contributed by atoms with E-state index in [1.165, 1.54) is 0 Å². The van der Waals surface area contributed by atoms with Crippen LogP contribution in [-0.2, 0) is 16.5 Å². The van der Waals surface area contributed by atoms with Crippen molar-refractivity contribution in [2.75, 3.05) is 0 Å². The van der Waals surface area contributed by atoms with Crippen LogP contribution in [0.25, 0.3) is 0 Å². The zero-order chi connectivity index (χ0) is 14.0. The second-order valence-corrected chi connectivity index (χ2v) is 4.64. The topological polar surface area (TPSA) is 24.7 Å². The van der Waals surface area contributed by atoms with Crippen LogP contribution in [0.2, 0.25) is 0 Å². The van der Waals surface area contributed by atoms with Crippen molar-refractivity contribution in [3.05, 3.63) is 66.2 Å². The maximum atomic E-state index is 4.63. The molecule has 0 N–H and O–H groups in total. The molecule has 2 rings (SSSR count). The van der Waals surface area contributed by atoms with Gasteiger partial charge in [0.1, 0.15) is 5.84 Å². The molecule has 0 spiro atoms. The van der Waals surface area contributed by atoms with Gasteiger partial charge in [0, 0.05) is 29.1 Å². The molecule has 0 heterocycles. The van der Waals surface area contributed by atoms with E-state index in [-0.39, 0.29) is 16.5 Å². The Morgan fingerprint density at radius 3 is 2.19 bits per heavy atom. The molecule has 0 unspecified atom stereocenters. The Hall–Kier alpha value is -1.73. The fourth-order valence-corrected chi connectivity index (χ4v) is 1.82. The summed E-state index contributed by atoms with van der Waals surface area (Å²) in [7, 11) is 0. The summed E-state index contributed by atoms with van der Waals surface area (Å²) in [5.41, 5.74) is 2.06. The van der Waals surface area contributed by atoms with Gasteiger partial charge in [-0.25, -0.2) is 9.98 Å². The summed E-state index contributed by atoms with van der Waals surface area (Å²) >= 11 is 0. The van der Waals surface area contributed by atoms with Crippen molar-refractivity contribution in [1.82, 2.24) is 0 Å². The SMILES string of the molecule is CCCCC(/N=C/c1ccccc1)=N\c1ccccc1.[Ni]. The van der Waals surface area contributed by atoms with Crippen LogP contribution in [0.5, 0.6) is 0 Å². The van der Waals surface area contributed by atoms with E-state index >= 15 is 0 Å². The molecular formula is C18H20N2Ni. The van der Waals surface area contributed by atoms with Crippen LogP contribution in [-0.4, -0.2) is 12.1 Å². The number of unbranched alkanes of at least 4 members (excludes halogenated alkanes) is 1. The van der Waals surface area contributed by atoms with Crippen LogP contribution in [0, 0.1) is 0 Å². The van der Waals surface area contributed by atoms with Gasteiger partial charge in [-0.05, 0) is 24.1 Å². The van der Waals surface area contributed by atoms with Gasteiger partial charge in [0.25, 0.3) is 0 Å². The molecule has 0 aliphatic heterocycles. The molecule has 0 bridgehead atoms. The summed E-state index contributed by atoms with van der Waals surface area (Å²) in [6, 6.07) is 20.1. The quantitative estimate of drug-likeness (QED) is 0.419. The first-order valence-electron chi connectivity index (χ1n) is 7.10. The number of hydrogen-bond acceptors (Lipinski definition) is 1. The molecule has 0 aromatic heterocycles. The summed E-state index contributed by atoms with van der Waals surface area (Å²) in [6.07, 6.45) is 5.05. The minimum absolute atomic E-state index is 0. The Bertz CT molecular complexity index is 562. The van der Waals surface area contributed by atoms with E-state index in [1.54, 1.807) is 0 Å². The van der Waals surface area contributed by atoms with Gasteiger partial charge in [0.2, 0.25) is 0 Å². The van der Waals surface area contributed by atoms with Crippen molar-refractivity contribution in [3.8, 4) is 0 Å². The molecule has 0 saturated carbocycles. The van der Waals surface area contributed by atoms with Gasteiger partial charge in [-0.2, -0.15) is 0 Å². The fourth-order valence-electron chi connectivity index (χ4n) is 1.82. The third kappa shape index (κ3) is 6.51. The molecule has 3 heteroatoms. The van der Waals surface area contributed by atoms with E-state index in [2.05, 4.69) is 16.9 Å². The van der Waals surface area contributed by atoms with Crippen LogP contribution in [0.1, 0.15) is 31.7 Å². The largest absolute Gasteiger partial charge is 0.241 e. The third-order valence-electron chi connectivity index (χ3n) is 2.93. The van der Waals surface area contributed by atoms with Gasteiger partial charge in [0.15, 0.2) is 0 Å². The van der Waals surface area contributed by atoms with E-state index < -0.39 is 0 Å². The van der Waals surface area contributed by atoms with Crippen LogP contribution in [0.3, 0.4) is 0 Å². The number of rotatable bonds is 5. The minimum atomic E-state index is 0. The average Bonchev–Trinajstić information content (AvgIpc) is 2.52. The van der Waals surface area contributed by atoms with Gasteiger partial charge >= 0.3 is 0 Å².